The smallest absolute Gasteiger partial charge is 0.149 e. The summed E-state index contributed by atoms with van der Waals surface area (Å²) >= 11 is 0. The Balaban J connectivity index is 2.48. The average molecular weight is 252 g/mol. The summed E-state index contributed by atoms with van der Waals surface area (Å²) in [4.78, 5) is 10.7. The van der Waals surface area contributed by atoms with Crippen molar-refractivity contribution in [1.29, 1.82) is 0 Å². The molecule has 1 aromatic rings. The van der Waals surface area contributed by atoms with Crippen molar-refractivity contribution in [2.24, 2.45) is 0 Å². The van der Waals surface area contributed by atoms with Crippen molar-refractivity contribution in [1.82, 2.24) is 9.97 Å². The molecule has 5 heteroatoms. The molecule has 1 rings (SSSR count). The standard InChI is InChI=1S/C13H24N4O/c1-5-6-15-12-9-14-10-13(16-12)17(4)7-8-18-11(2)3/h9-11H,5-8H2,1-4H3,(H,15,16). The molecule has 0 atom stereocenters. The number of anilines is 2. The van der Waals surface area contributed by atoms with Crippen LogP contribution in [0.3, 0.4) is 0 Å². The van der Waals surface area contributed by atoms with Gasteiger partial charge in [0.2, 0.25) is 0 Å². The highest BCUT2D eigenvalue weighted by atomic mass is 16.5. The molecule has 0 amide bonds. The lowest BCUT2D eigenvalue weighted by Gasteiger charge is -2.19. The highest BCUT2D eigenvalue weighted by Crippen LogP contribution is 2.10. The average Bonchev–Trinajstić information content (AvgIpc) is 2.36. The van der Waals surface area contributed by atoms with Crippen molar-refractivity contribution >= 4 is 11.6 Å². The predicted octanol–water partition coefficient (Wildman–Crippen LogP) is 2.16. The van der Waals surface area contributed by atoms with Crippen LogP contribution in [-0.4, -0.2) is 42.8 Å². The first-order valence-electron chi connectivity index (χ1n) is 6.52. The van der Waals surface area contributed by atoms with Crippen molar-refractivity contribution in [2.45, 2.75) is 33.3 Å². The second-order valence-electron chi connectivity index (χ2n) is 4.53. The van der Waals surface area contributed by atoms with E-state index in [9.17, 15) is 0 Å². The van der Waals surface area contributed by atoms with E-state index < -0.39 is 0 Å². The zero-order chi connectivity index (χ0) is 13.4. The third-order valence-corrected chi connectivity index (χ3v) is 2.45. The maximum absolute atomic E-state index is 5.52. The molecule has 1 N–H and O–H groups in total. The van der Waals surface area contributed by atoms with Gasteiger partial charge in [0.1, 0.15) is 11.6 Å². The molecule has 0 saturated carbocycles. The number of aromatic nitrogens is 2. The minimum Gasteiger partial charge on any atom is -0.377 e. The van der Waals surface area contributed by atoms with Gasteiger partial charge in [-0.2, -0.15) is 0 Å². The molecule has 0 spiro atoms. The Labute approximate surface area is 110 Å². The Morgan fingerprint density at radius 1 is 1.39 bits per heavy atom. The lowest BCUT2D eigenvalue weighted by Crippen LogP contribution is -2.25. The number of nitrogens with one attached hydrogen (secondary N) is 1. The normalized spacial score (nSPS) is 10.7. The molecule has 0 unspecified atom stereocenters. The van der Waals surface area contributed by atoms with Crippen LogP contribution in [0.5, 0.6) is 0 Å². The summed E-state index contributed by atoms with van der Waals surface area (Å²) < 4.78 is 5.52. The molecule has 0 aliphatic carbocycles. The van der Waals surface area contributed by atoms with E-state index >= 15 is 0 Å². The van der Waals surface area contributed by atoms with Crippen LogP contribution < -0.4 is 10.2 Å². The minimum atomic E-state index is 0.266. The van der Waals surface area contributed by atoms with E-state index in [1.165, 1.54) is 0 Å². The fraction of sp³-hybridized carbons (Fsp3) is 0.692. The third-order valence-electron chi connectivity index (χ3n) is 2.45. The second-order valence-corrected chi connectivity index (χ2v) is 4.53. The SMILES string of the molecule is CCCNc1cncc(N(C)CCOC(C)C)n1. The Kier molecular flexibility index (Phi) is 6.43. The fourth-order valence-corrected chi connectivity index (χ4v) is 1.42. The van der Waals surface area contributed by atoms with Gasteiger partial charge in [-0.3, -0.25) is 4.98 Å². The Morgan fingerprint density at radius 3 is 2.83 bits per heavy atom. The zero-order valence-corrected chi connectivity index (χ0v) is 11.8. The summed E-state index contributed by atoms with van der Waals surface area (Å²) in [5, 5.41) is 3.23. The topological polar surface area (TPSA) is 50.3 Å². The van der Waals surface area contributed by atoms with Gasteiger partial charge in [-0.1, -0.05) is 6.92 Å². The molecule has 0 saturated heterocycles. The molecular formula is C13H24N4O. The summed E-state index contributed by atoms with van der Waals surface area (Å²) in [5.41, 5.74) is 0. The highest BCUT2D eigenvalue weighted by Gasteiger charge is 2.04. The maximum Gasteiger partial charge on any atom is 0.149 e. The number of likely N-dealkylation sites (N-methyl/N-ethyl adjacent to an activating group) is 1. The fourth-order valence-electron chi connectivity index (χ4n) is 1.42. The molecule has 0 aliphatic heterocycles. The summed E-state index contributed by atoms with van der Waals surface area (Å²) in [6.45, 7) is 8.62. The first-order chi connectivity index (χ1) is 8.63. The molecule has 0 aliphatic rings. The van der Waals surface area contributed by atoms with E-state index in [2.05, 4.69) is 22.2 Å². The number of rotatable bonds is 8. The van der Waals surface area contributed by atoms with E-state index in [4.69, 9.17) is 4.74 Å². The first kappa shape index (κ1) is 14.7. The van der Waals surface area contributed by atoms with Gasteiger partial charge in [-0.25, -0.2) is 4.98 Å². The van der Waals surface area contributed by atoms with Crippen molar-refractivity contribution in [3.05, 3.63) is 12.4 Å². The maximum atomic E-state index is 5.52. The quantitative estimate of drug-likeness (QED) is 0.768. The van der Waals surface area contributed by atoms with E-state index in [0.29, 0.717) is 6.61 Å². The van der Waals surface area contributed by atoms with Gasteiger partial charge in [0, 0.05) is 20.1 Å². The molecule has 102 valence electrons. The van der Waals surface area contributed by atoms with Crippen molar-refractivity contribution in [3.8, 4) is 0 Å². The van der Waals surface area contributed by atoms with Crippen LogP contribution in [0, 0.1) is 0 Å². The molecule has 5 nitrogen and oxygen atoms in total. The van der Waals surface area contributed by atoms with Gasteiger partial charge in [0.05, 0.1) is 25.1 Å². The Morgan fingerprint density at radius 2 is 2.17 bits per heavy atom. The summed E-state index contributed by atoms with van der Waals surface area (Å²) in [5.74, 6) is 1.69. The number of nitrogens with zero attached hydrogens (tertiary/aromatic N) is 3. The molecule has 0 radical (unpaired) electrons. The lowest BCUT2D eigenvalue weighted by atomic mass is 10.4. The van der Waals surface area contributed by atoms with Crippen molar-refractivity contribution in [3.63, 3.8) is 0 Å². The van der Waals surface area contributed by atoms with Gasteiger partial charge in [-0.05, 0) is 20.3 Å². The van der Waals surface area contributed by atoms with Crippen LogP contribution in [0.2, 0.25) is 0 Å². The molecule has 0 aromatic carbocycles. The van der Waals surface area contributed by atoms with Crippen molar-refractivity contribution in [2.75, 3.05) is 37.0 Å². The first-order valence-corrected chi connectivity index (χ1v) is 6.52. The van der Waals surface area contributed by atoms with Gasteiger partial charge in [0.25, 0.3) is 0 Å². The summed E-state index contributed by atoms with van der Waals surface area (Å²) in [6, 6.07) is 0. The lowest BCUT2D eigenvalue weighted by molar-refractivity contribution is 0.0845. The molecule has 1 heterocycles. The number of hydrogen-bond acceptors (Lipinski definition) is 5. The summed E-state index contributed by atoms with van der Waals surface area (Å²) in [6.07, 6.45) is 4.86. The molecule has 0 bridgehead atoms. The van der Waals surface area contributed by atoms with Crippen LogP contribution in [0.15, 0.2) is 12.4 Å². The zero-order valence-electron chi connectivity index (χ0n) is 11.8. The van der Waals surface area contributed by atoms with Crippen molar-refractivity contribution < 1.29 is 4.74 Å². The van der Waals surface area contributed by atoms with Crippen LogP contribution in [0.1, 0.15) is 27.2 Å². The second kappa shape index (κ2) is 7.87. The van der Waals surface area contributed by atoms with Crippen LogP contribution in [0.25, 0.3) is 0 Å². The van der Waals surface area contributed by atoms with E-state index in [-0.39, 0.29) is 6.10 Å². The van der Waals surface area contributed by atoms with Gasteiger partial charge < -0.3 is 15.0 Å². The van der Waals surface area contributed by atoms with Crippen LogP contribution in [0.4, 0.5) is 11.6 Å². The van der Waals surface area contributed by atoms with Crippen LogP contribution >= 0.6 is 0 Å². The van der Waals surface area contributed by atoms with E-state index in [1.807, 2.05) is 25.8 Å². The third kappa shape index (κ3) is 5.31. The highest BCUT2D eigenvalue weighted by molar-refractivity contribution is 5.43. The van der Waals surface area contributed by atoms with Gasteiger partial charge >= 0.3 is 0 Å². The Hall–Kier alpha value is -1.36. The van der Waals surface area contributed by atoms with E-state index in [1.54, 1.807) is 12.4 Å². The molecular weight excluding hydrogens is 228 g/mol. The van der Waals surface area contributed by atoms with E-state index in [0.717, 1.165) is 31.1 Å². The monoisotopic (exact) mass is 252 g/mol. The van der Waals surface area contributed by atoms with Gasteiger partial charge in [-0.15, -0.1) is 0 Å². The Bertz CT molecular complexity index is 344. The largest absolute Gasteiger partial charge is 0.377 e. The number of hydrogen-bond donors (Lipinski definition) is 1. The molecule has 0 fully saturated rings. The summed E-state index contributed by atoms with van der Waals surface area (Å²) in [7, 11) is 2.00. The minimum absolute atomic E-state index is 0.266. The van der Waals surface area contributed by atoms with Crippen LogP contribution in [-0.2, 0) is 4.74 Å². The van der Waals surface area contributed by atoms with Gasteiger partial charge in [0.15, 0.2) is 0 Å². The predicted molar refractivity (Wildman–Crippen MR) is 75.2 cm³/mol. The number of ether oxygens (including phenoxy) is 1. The molecule has 1 aromatic heterocycles. The molecule has 18 heavy (non-hydrogen) atoms.